The summed E-state index contributed by atoms with van der Waals surface area (Å²) in [6, 6.07) is 17.2. The highest BCUT2D eigenvalue weighted by molar-refractivity contribution is 7.27. The maximum Gasteiger partial charge on any atom is 0.323 e. The molecule has 8 heteroatoms. The van der Waals surface area contributed by atoms with E-state index in [9.17, 15) is 4.79 Å². The average molecular weight is 435 g/mol. The van der Waals surface area contributed by atoms with Crippen molar-refractivity contribution in [3.63, 3.8) is 0 Å². The van der Waals surface area contributed by atoms with Crippen molar-refractivity contribution in [2.24, 2.45) is 0 Å². The Bertz CT molecular complexity index is 1050. The second-order valence-electron chi connectivity index (χ2n) is 7.47. The number of nitrogens with zero attached hydrogens (tertiary/aromatic N) is 3. The average Bonchev–Trinajstić information content (AvgIpc) is 2.80. The Hall–Kier alpha value is -3.18. The van der Waals surface area contributed by atoms with Crippen molar-refractivity contribution in [2.45, 2.75) is 18.8 Å². The van der Waals surface area contributed by atoms with Crippen LogP contribution in [-0.2, 0) is 0 Å². The van der Waals surface area contributed by atoms with Gasteiger partial charge < -0.3 is 20.3 Å². The van der Waals surface area contributed by atoms with Gasteiger partial charge in [0.2, 0.25) is 0 Å². The van der Waals surface area contributed by atoms with Crippen LogP contribution in [0.25, 0.3) is 0 Å². The highest BCUT2D eigenvalue weighted by Gasteiger charge is 2.25. The zero-order valence-electron chi connectivity index (χ0n) is 17.4. The van der Waals surface area contributed by atoms with E-state index in [1.54, 1.807) is 13.4 Å². The fraction of sp³-hybridized carbons (Fsp3) is 0.261. The number of anilines is 3. The van der Waals surface area contributed by atoms with E-state index >= 15 is 0 Å². The minimum atomic E-state index is -0.257. The predicted molar refractivity (Wildman–Crippen MR) is 128 cm³/mol. The molecule has 1 aromatic heterocycles. The molecule has 2 atom stereocenters. The van der Waals surface area contributed by atoms with Gasteiger partial charge >= 0.3 is 6.03 Å². The van der Waals surface area contributed by atoms with Gasteiger partial charge in [0.15, 0.2) is 11.6 Å². The summed E-state index contributed by atoms with van der Waals surface area (Å²) in [5.74, 6) is 1.85. The van der Waals surface area contributed by atoms with Crippen molar-refractivity contribution in [1.29, 1.82) is 0 Å². The van der Waals surface area contributed by atoms with Crippen molar-refractivity contribution >= 4 is 37.9 Å². The van der Waals surface area contributed by atoms with Crippen LogP contribution in [0.15, 0.2) is 60.9 Å². The number of para-hydroxylation sites is 1. The molecular weight excluding hydrogens is 409 g/mol. The highest BCUT2D eigenvalue weighted by Crippen LogP contribution is 2.33. The van der Waals surface area contributed by atoms with E-state index in [2.05, 4.69) is 46.9 Å². The fourth-order valence-electron chi connectivity index (χ4n) is 3.93. The number of nitrogens with one attached hydrogen (secondary N) is 2. The number of piperidine rings is 1. The van der Waals surface area contributed by atoms with Gasteiger partial charge in [0.05, 0.1) is 7.11 Å². The summed E-state index contributed by atoms with van der Waals surface area (Å²) >= 11 is 0. The van der Waals surface area contributed by atoms with E-state index in [-0.39, 0.29) is 6.03 Å². The smallest absolute Gasteiger partial charge is 0.323 e. The van der Waals surface area contributed by atoms with Crippen LogP contribution in [-0.4, -0.2) is 36.2 Å². The SMILES string of the molecule is COc1c(P)ncnc1N1CCCC(c2cccc(NC(=O)Nc3ccccc3)c2)C1. The van der Waals surface area contributed by atoms with E-state index < -0.39 is 0 Å². The van der Waals surface area contributed by atoms with Gasteiger partial charge in [0.25, 0.3) is 0 Å². The van der Waals surface area contributed by atoms with Crippen LogP contribution in [0.2, 0.25) is 0 Å². The van der Waals surface area contributed by atoms with Crippen molar-refractivity contribution in [2.75, 3.05) is 35.7 Å². The van der Waals surface area contributed by atoms with E-state index in [4.69, 9.17) is 4.74 Å². The number of urea groups is 1. The van der Waals surface area contributed by atoms with E-state index in [1.807, 2.05) is 42.5 Å². The quantitative estimate of drug-likeness (QED) is 0.592. The third-order valence-corrected chi connectivity index (χ3v) is 5.80. The van der Waals surface area contributed by atoms with Crippen LogP contribution in [0, 0.1) is 0 Å². The van der Waals surface area contributed by atoms with Crippen LogP contribution < -0.4 is 25.7 Å². The summed E-state index contributed by atoms with van der Waals surface area (Å²) in [7, 11) is 4.25. The molecule has 0 saturated carbocycles. The first-order valence-electron chi connectivity index (χ1n) is 10.3. The molecule has 1 saturated heterocycles. The van der Waals surface area contributed by atoms with Crippen LogP contribution >= 0.6 is 9.24 Å². The normalized spacial score (nSPS) is 15.9. The number of carbonyl (C=O) groups excluding carboxylic acids is 1. The molecule has 1 aliphatic heterocycles. The third-order valence-electron chi connectivity index (χ3n) is 5.39. The lowest BCUT2D eigenvalue weighted by Gasteiger charge is -2.34. The Kier molecular flexibility index (Phi) is 6.63. The van der Waals surface area contributed by atoms with Crippen molar-refractivity contribution < 1.29 is 9.53 Å². The summed E-state index contributed by atoms with van der Waals surface area (Å²) in [6.07, 6.45) is 3.70. The minimum absolute atomic E-state index is 0.257. The number of rotatable bonds is 5. The summed E-state index contributed by atoms with van der Waals surface area (Å²) in [6.45, 7) is 1.75. The summed E-state index contributed by atoms with van der Waals surface area (Å²) < 4.78 is 5.54. The molecule has 2 heterocycles. The number of aromatic nitrogens is 2. The molecule has 2 N–H and O–H groups in total. The van der Waals surface area contributed by atoms with E-state index in [0.717, 1.165) is 48.6 Å². The Balaban J connectivity index is 1.46. The third kappa shape index (κ3) is 5.12. The van der Waals surface area contributed by atoms with Gasteiger partial charge in [-0.15, -0.1) is 0 Å². The van der Waals surface area contributed by atoms with Crippen LogP contribution in [0.3, 0.4) is 0 Å². The van der Waals surface area contributed by atoms with Gasteiger partial charge in [-0.2, -0.15) is 0 Å². The van der Waals surface area contributed by atoms with Crippen molar-refractivity contribution in [1.82, 2.24) is 9.97 Å². The van der Waals surface area contributed by atoms with E-state index in [0.29, 0.717) is 11.7 Å². The standard InChI is InChI=1S/C23H26N5O2P/c1-30-20-21(24-15-25-22(20)31)28-12-6-8-17(14-28)16-7-5-11-19(13-16)27-23(29)26-18-9-3-2-4-10-18/h2-5,7,9-11,13,15,17H,6,8,12,14,31H2,1H3,(H2,26,27,29). The zero-order valence-corrected chi connectivity index (χ0v) is 18.6. The minimum Gasteiger partial charge on any atom is -0.491 e. The molecule has 3 aromatic rings. The molecular formula is C23H26N5O2P. The molecule has 2 unspecified atom stereocenters. The molecule has 4 rings (SSSR count). The first-order valence-corrected chi connectivity index (χ1v) is 10.8. The van der Waals surface area contributed by atoms with Gasteiger partial charge in [-0.3, -0.25) is 0 Å². The number of hydrogen-bond donors (Lipinski definition) is 2. The lowest BCUT2D eigenvalue weighted by Crippen LogP contribution is -2.35. The Labute approximate surface area is 184 Å². The molecule has 160 valence electrons. The lowest BCUT2D eigenvalue weighted by molar-refractivity contribution is 0.262. The number of hydrogen-bond acceptors (Lipinski definition) is 5. The zero-order chi connectivity index (χ0) is 21.6. The van der Waals surface area contributed by atoms with Gasteiger partial charge in [-0.25, -0.2) is 14.8 Å². The second kappa shape index (κ2) is 9.75. The number of carbonyl (C=O) groups is 1. The molecule has 1 fully saturated rings. The van der Waals surface area contributed by atoms with Gasteiger partial charge in [0.1, 0.15) is 11.8 Å². The molecule has 0 bridgehead atoms. The molecule has 0 radical (unpaired) electrons. The molecule has 7 nitrogen and oxygen atoms in total. The first-order chi connectivity index (χ1) is 15.1. The molecule has 0 aliphatic carbocycles. The van der Waals surface area contributed by atoms with E-state index in [1.165, 1.54) is 5.56 Å². The summed E-state index contributed by atoms with van der Waals surface area (Å²) in [4.78, 5) is 23.3. The summed E-state index contributed by atoms with van der Waals surface area (Å²) in [5, 5.41) is 5.78. The Morgan fingerprint density at radius 3 is 2.68 bits per heavy atom. The Morgan fingerprint density at radius 2 is 1.87 bits per heavy atom. The molecule has 1 aliphatic rings. The van der Waals surface area contributed by atoms with Gasteiger partial charge in [0, 0.05) is 30.4 Å². The largest absolute Gasteiger partial charge is 0.491 e. The maximum atomic E-state index is 12.3. The number of ether oxygens (including phenoxy) is 1. The number of methoxy groups -OCH3 is 1. The first kappa shape index (κ1) is 21.1. The molecule has 2 aromatic carbocycles. The number of benzene rings is 2. The maximum absolute atomic E-state index is 12.3. The molecule has 0 spiro atoms. The van der Waals surface area contributed by atoms with Gasteiger partial charge in [-0.1, -0.05) is 39.6 Å². The van der Waals surface area contributed by atoms with Crippen LogP contribution in [0.5, 0.6) is 5.75 Å². The topological polar surface area (TPSA) is 79.4 Å². The predicted octanol–water partition coefficient (Wildman–Crippen LogP) is 4.01. The van der Waals surface area contributed by atoms with Crippen LogP contribution in [0.4, 0.5) is 22.0 Å². The number of amides is 2. The lowest BCUT2D eigenvalue weighted by atomic mass is 9.90. The Morgan fingerprint density at radius 1 is 1.10 bits per heavy atom. The molecule has 31 heavy (non-hydrogen) atoms. The highest BCUT2D eigenvalue weighted by atomic mass is 31.0. The van der Waals surface area contributed by atoms with Crippen molar-refractivity contribution in [3.05, 3.63) is 66.5 Å². The van der Waals surface area contributed by atoms with Crippen molar-refractivity contribution in [3.8, 4) is 5.75 Å². The fourth-order valence-corrected chi connectivity index (χ4v) is 4.24. The monoisotopic (exact) mass is 435 g/mol. The summed E-state index contributed by atoms with van der Waals surface area (Å²) in [5.41, 5.74) is 3.48. The van der Waals surface area contributed by atoms with Crippen LogP contribution in [0.1, 0.15) is 24.3 Å². The van der Waals surface area contributed by atoms with Gasteiger partial charge in [-0.05, 0) is 42.7 Å². The second-order valence-corrected chi connectivity index (χ2v) is 8.02. The molecule has 2 amide bonds.